The van der Waals surface area contributed by atoms with E-state index >= 15 is 0 Å². The molecule has 0 saturated carbocycles. The molecule has 0 aliphatic rings. The fourth-order valence-electron chi connectivity index (χ4n) is 2.82. The van der Waals surface area contributed by atoms with E-state index in [0.29, 0.717) is 6.54 Å². The van der Waals surface area contributed by atoms with Crippen molar-refractivity contribution in [3.63, 3.8) is 0 Å². The zero-order valence-corrected chi connectivity index (χ0v) is 19.2. The summed E-state index contributed by atoms with van der Waals surface area (Å²) in [6.45, 7) is 3.84. The Bertz CT molecular complexity index is 1280. The zero-order valence-electron chi connectivity index (χ0n) is 16.8. The number of nitrogens with two attached hydrogens (primary N) is 1. The SMILES string of the molecule is CCN(C)C(=O)n1c(=O)n(Cc2ccc(Br)cc2)c2nc(S(=N)(=O)CC)nc(N)c21. The van der Waals surface area contributed by atoms with E-state index in [1.165, 1.54) is 9.47 Å². The first-order valence-electron chi connectivity index (χ1n) is 9.15. The minimum atomic E-state index is -3.28. The van der Waals surface area contributed by atoms with E-state index in [1.54, 1.807) is 20.9 Å². The maximum atomic E-state index is 13.2. The number of imidazole rings is 1. The lowest BCUT2D eigenvalue weighted by Crippen LogP contribution is -2.38. The first kappa shape index (κ1) is 22.0. The summed E-state index contributed by atoms with van der Waals surface area (Å²) >= 11 is 3.37. The second-order valence-corrected chi connectivity index (χ2v) is 9.86. The lowest BCUT2D eigenvalue weighted by molar-refractivity contribution is 0.212. The van der Waals surface area contributed by atoms with E-state index in [4.69, 9.17) is 10.5 Å². The second kappa shape index (κ2) is 8.19. The van der Waals surface area contributed by atoms with Gasteiger partial charge in [-0.25, -0.2) is 28.1 Å². The molecular weight excluding hydrogens is 474 g/mol. The van der Waals surface area contributed by atoms with Crippen LogP contribution in [-0.4, -0.2) is 53.6 Å². The molecule has 0 aliphatic carbocycles. The van der Waals surface area contributed by atoms with E-state index in [0.717, 1.165) is 14.6 Å². The molecule has 12 heteroatoms. The van der Waals surface area contributed by atoms with Gasteiger partial charge in [0.2, 0.25) is 5.16 Å². The number of nitrogens with zero attached hydrogens (tertiary/aromatic N) is 5. The molecule has 160 valence electrons. The molecule has 30 heavy (non-hydrogen) atoms. The molecule has 3 aromatic rings. The number of anilines is 1. The van der Waals surface area contributed by atoms with E-state index in [2.05, 4.69) is 25.9 Å². The number of hydrogen-bond donors (Lipinski definition) is 2. The molecule has 2 heterocycles. The quantitative estimate of drug-likeness (QED) is 0.520. The Morgan fingerprint density at radius 3 is 2.47 bits per heavy atom. The Morgan fingerprint density at radius 1 is 1.27 bits per heavy atom. The van der Waals surface area contributed by atoms with Crippen LogP contribution in [-0.2, 0) is 16.3 Å². The molecule has 0 saturated heterocycles. The van der Waals surface area contributed by atoms with Crippen LogP contribution in [0.5, 0.6) is 0 Å². The summed E-state index contributed by atoms with van der Waals surface area (Å²) in [6.07, 6.45) is 0. The van der Waals surface area contributed by atoms with Crippen molar-refractivity contribution in [1.29, 1.82) is 4.78 Å². The summed E-state index contributed by atoms with van der Waals surface area (Å²) in [5.74, 6) is -0.180. The van der Waals surface area contributed by atoms with E-state index < -0.39 is 21.4 Å². The summed E-state index contributed by atoms with van der Waals surface area (Å²) in [5, 5.41) is -0.256. The number of rotatable bonds is 5. The summed E-state index contributed by atoms with van der Waals surface area (Å²) in [5.41, 5.74) is 6.33. The van der Waals surface area contributed by atoms with Crippen molar-refractivity contribution in [2.75, 3.05) is 25.1 Å². The standard InChI is InChI=1S/C18H22BrN7O3S/c1-4-24(3)17(27)26-13-14(20)22-16(30(21,29)5-2)23-15(13)25(18(26)28)10-11-6-8-12(19)9-7-11/h6-9,21H,4-5,10H2,1-3H3,(H2,20,22,23). The minimum absolute atomic E-state index is 0.00684. The highest BCUT2D eigenvalue weighted by molar-refractivity contribution is 9.10. The lowest BCUT2D eigenvalue weighted by Gasteiger charge is -2.14. The van der Waals surface area contributed by atoms with Crippen molar-refractivity contribution in [1.82, 2.24) is 24.0 Å². The Balaban J connectivity index is 2.34. The highest BCUT2D eigenvalue weighted by Gasteiger charge is 2.26. The molecule has 1 atom stereocenters. The van der Waals surface area contributed by atoms with Crippen molar-refractivity contribution in [2.24, 2.45) is 0 Å². The Morgan fingerprint density at radius 2 is 1.90 bits per heavy atom. The van der Waals surface area contributed by atoms with Crippen LogP contribution in [0.3, 0.4) is 0 Å². The topological polar surface area (TPSA) is 140 Å². The fourth-order valence-corrected chi connectivity index (χ4v) is 3.83. The van der Waals surface area contributed by atoms with Gasteiger partial charge in [0.05, 0.1) is 6.54 Å². The molecule has 2 aromatic heterocycles. The highest BCUT2D eigenvalue weighted by Crippen LogP contribution is 2.22. The molecule has 1 unspecified atom stereocenters. The third-order valence-electron chi connectivity index (χ3n) is 4.72. The molecule has 10 nitrogen and oxygen atoms in total. The number of hydrogen-bond acceptors (Lipinski definition) is 7. The van der Waals surface area contributed by atoms with Crippen LogP contribution in [0.4, 0.5) is 10.6 Å². The van der Waals surface area contributed by atoms with Crippen LogP contribution in [0.15, 0.2) is 38.7 Å². The summed E-state index contributed by atoms with van der Waals surface area (Å²) in [7, 11) is -1.72. The average Bonchev–Trinajstić information content (AvgIpc) is 3.00. The summed E-state index contributed by atoms with van der Waals surface area (Å²) < 4.78 is 23.7. The summed E-state index contributed by atoms with van der Waals surface area (Å²) in [6, 6.07) is 6.73. The van der Waals surface area contributed by atoms with Gasteiger partial charge in [0.1, 0.15) is 15.2 Å². The molecule has 1 aromatic carbocycles. The molecule has 0 spiro atoms. The number of amides is 1. The first-order chi connectivity index (χ1) is 14.1. The first-order valence-corrected chi connectivity index (χ1v) is 11.7. The molecule has 0 fully saturated rings. The Labute approximate surface area is 181 Å². The van der Waals surface area contributed by atoms with E-state index in [-0.39, 0.29) is 34.4 Å². The molecule has 0 radical (unpaired) electrons. The van der Waals surface area contributed by atoms with Crippen molar-refractivity contribution in [3.05, 3.63) is 44.8 Å². The molecule has 0 aliphatic heterocycles. The average molecular weight is 496 g/mol. The lowest BCUT2D eigenvalue weighted by atomic mass is 10.2. The van der Waals surface area contributed by atoms with Crippen molar-refractivity contribution >= 4 is 48.7 Å². The Hall–Kier alpha value is -2.73. The predicted octanol–water partition coefficient (Wildman–Crippen LogP) is 2.33. The van der Waals surface area contributed by atoms with Crippen LogP contribution in [0.25, 0.3) is 11.2 Å². The van der Waals surface area contributed by atoms with Crippen molar-refractivity contribution < 1.29 is 9.00 Å². The third-order valence-corrected chi connectivity index (χ3v) is 6.84. The van der Waals surface area contributed by atoms with Gasteiger partial charge in [0, 0.05) is 23.8 Å². The number of halogens is 1. The monoisotopic (exact) mass is 495 g/mol. The molecule has 0 bridgehead atoms. The Kier molecular flexibility index (Phi) is 5.99. The molecular formula is C18H22BrN7O3S. The van der Waals surface area contributed by atoms with Gasteiger partial charge in [-0.3, -0.25) is 4.57 Å². The minimum Gasteiger partial charge on any atom is -0.382 e. The van der Waals surface area contributed by atoms with Crippen LogP contribution in [0.1, 0.15) is 19.4 Å². The second-order valence-electron chi connectivity index (χ2n) is 6.65. The number of carbonyl (C=O) groups is 1. The maximum absolute atomic E-state index is 13.2. The smallest absolute Gasteiger partial charge is 0.339 e. The fraction of sp³-hybridized carbons (Fsp3) is 0.333. The van der Waals surface area contributed by atoms with Gasteiger partial charge in [0.15, 0.2) is 11.5 Å². The number of nitrogens with one attached hydrogen (secondary N) is 1. The largest absolute Gasteiger partial charge is 0.382 e. The zero-order chi connectivity index (χ0) is 22.2. The van der Waals surface area contributed by atoms with Gasteiger partial charge in [-0.2, -0.15) is 4.98 Å². The third kappa shape index (κ3) is 3.84. The highest BCUT2D eigenvalue weighted by atomic mass is 79.9. The van der Waals surface area contributed by atoms with E-state index in [1.807, 2.05) is 24.3 Å². The van der Waals surface area contributed by atoms with Gasteiger partial charge < -0.3 is 10.6 Å². The molecule has 1 amide bonds. The maximum Gasteiger partial charge on any atom is 0.339 e. The number of benzene rings is 1. The number of fused-ring (bicyclic) bond motifs is 1. The molecule has 3 rings (SSSR count). The molecule has 3 N–H and O–H groups in total. The summed E-state index contributed by atoms with van der Waals surface area (Å²) in [4.78, 5) is 35.7. The predicted molar refractivity (Wildman–Crippen MR) is 118 cm³/mol. The number of aromatic nitrogens is 4. The van der Waals surface area contributed by atoms with Crippen LogP contribution < -0.4 is 11.4 Å². The van der Waals surface area contributed by atoms with Gasteiger partial charge in [0.25, 0.3) is 0 Å². The van der Waals surface area contributed by atoms with Gasteiger partial charge in [-0.05, 0) is 24.6 Å². The van der Waals surface area contributed by atoms with Crippen LogP contribution in [0.2, 0.25) is 0 Å². The van der Waals surface area contributed by atoms with Crippen molar-refractivity contribution in [3.8, 4) is 0 Å². The van der Waals surface area contributed by atoms with E-state index in [9.17, 15) is 13.8 Å². The van der Waals surface area contributed by atoms with Crippen LogP contribution >= 0.6 is 15.9 Å². The van der Waals surface area contributed by atoms with Crippen molar-refractivity contribution in [2.45, 2.75) is 25.5 Å². The van der Waals surface area contributed by atoms with Crippen LogP contribution in [0, 0.1) is 4.78 Å². The normalized spacial score (nSPS) is 13.3. The van der Waals surface area contributed by atoms with Gasteiger partial charge in [-0.1, -0.05) is 35.0 Å². The van der Waals surface area contributed by atoms with Gasteiger partial charge in [-0.15, -0.1) is 0 Å². The number of carbonyl (C=O) groups excluding carboxylic acids is 1. The van der Waals surface area contributed by atoms with Gasteiger partial charge >= 0.3 is 11.7 Å². The number of nitrogen functional groups attached to an aromatic ring is 1.